The molecule has 2 N–H and O–H groups in total. The number of rotatable bonds is 3. The number of nitrogens with one attached hydrogen (secondary N) is 2. The molecule has 0 unspecified atom stereocenters. The number of hydrogen-bond acceptors (Lipinski definition) is 7. The Labute approximate surface area is 179 Å². The van der Waals surface area contributed by atoms with E-state index in [0.29, 0.717) is 16.4 Å². The number of hydrogen-bond donors (Lipinski definition) is 2. The van der Waals surface area contributed by atoms with Crippen molar-refractivity contribution in [3.8, 4) is 10.6 Å². The summed E-state index contributed by atoms with van der Waals surface area (Å²) in [6.45, 7) is 1.84. The van der Waals surface area contributed by atoms with E-state index >= 15 is 0 Å². The third kappa shape index (κ3) is 3.31. The summed E-state index contributed by atoms with van der Waals surface area (Å²) >= 11 is 6.76. The van der Waals surface area contributed by atoms with Gasteiger partial charge in [-0.25, -0.2) is 0 Å². The number of carbonyl (C=O) groups excluding carboxylic acids is 1. The molecular formula is C20H14N6O2S2. The van der Waals surface area contributed by atoms with Crippen LogP contribution in [0.1, 0.15) is 16.4 Å². The molecule has 8 nitrogen and oxygen atoms in total. The number of anilines is 1. The van der Waals surface area contributed by atoms with Crippen molar-refractivity contribution in [2.75, 3.05) is 5.32 Å². The molecule has 0 saturated heterocycles. The Balaban J connectivity index is 1.36. The molecule has 3 heterocycles. The maximum atomic E-state index is 12.5. The zero-order valence-electron chi connectivity index (χ0n) is 15.6. The van der Waals surface area contributed by atoms with Gasteiger partial charge in [0, 0.05) is 10.9 Å². The average molecular weight is 435 g/mol. The lowest BCUT2D eigenvalue weighted by molar-refractivity contribution is 0.0953. The monoisotopic (exact) mass is 434 g/mol. The molecule has 0 spiro atoms. The van der Waals surface area contributed by atoms with Crippen molar-refractivity contribution in [3.63, 3.8) is 0 Å². The van der Waals surface area contributed by atoms with Crippen LogP contribution in [0.3, 0.4) is 0 Å². The summed E-state index contributed by atoms with van der Waals surface area (Å²) in [5, 5.41) is 20.2. The number of aryl methyl sites for hydroxylation is 1. The maximum Gasteiger partial charge on any atom is 0.293 e. The summed E-state index contributed by atoms with van der Waals surface area (Å²) in [6.07, 6.45) is 0. The fourth-order valence-corrected chi connectivity index (χ4v) is 4.14. The smallest absolute Gasteiger partial charge is 0.293 e. The largest absolute Gasteiger partial charge is 0.451 e. The standard InChI is InChI=1S/C20H14N6O2S2/c1-11-23-24-20-26(11)25-18(30-20)13-7-3-4-8-14(13)21-19(29)22-17(27)16-10-12-6-2-5-9-15(12)28-16/h2-10H,1H3,(H2,21,22,27,29). The number of carbonyl (C=O) groups is 1. The van der Waals surface area contributed by atoms with Crippen LogP contribution in [0.5, 0.6) is 0 Å². The van der Waals surface area contributed by atoms with Crippen LogP contribution in [0.2, 0.25) is 0 Å². The zero-order chi connectivity index (χ0) is 20.7. The van der Waals surface area contributed by atoms with Crippen LogP contribution >= 0.6 is 23.6 Å². The number of nitrogens with zero attached hydrogens (tertiary/aromatic N) is 4. The number of aromatic nitrogens is 4. The summed E-state index contributed by atoms with van der Waals surface area (Å²) in [6, 6.07) is 16.7. The minimum atomic E-state index is -0.421. The fraction of sp³-hybridized carbons (Fsp3) is 0.0500. The predicted molar refractivity (Wildman–Crippen MR) is 119 cm³/mol. The fourth-order valence-electron chi connectivity index (χ4n) is 3.01. The zero-order valence-corrected chi connectivity index (χ0v) is 17.3. The molecule has 0 saturated carbocycles. The molecule has 30 heavy (non-hydrogen) atoms. The Hall–Kier alpha value is -3.63. The van der Waals surface area contributed by atoms with Gasteiger partial charge in [0.15, 0.2) is 16.7 Å². The number of furan rings is 1. The first-order valence-electron chi connectivity index (χ1n) is 8.97. The van der Waals surface area contributed by atoms with E-state index in [4.69, 9.17) is 16.6 Å². The van der Waals surface area contributed by atoms with Gasteiger partial charge < -0.3 is 9.73 Å². The lowest BCUT2D eigenvalue weighted by atomic mass is 10.2. The third-order valence-electron chi connectivity index (χ3n) is 4.43. The van der Waals surface area contributed by atoms with Crippen molar-refractivity contribution >= 4 is 56.2 Å². The third-order valence-corrected chi connectivity index (χ3v) is 5.57. The summed E-state index contributed by atoms with van der Waals surface area (Å²) in [7, 11) is 0. The van der Waals surface area contributed by atoms with Gasteiger partial charge in [-0.1, -0.05) is 41.7 Å². The molecule has 0 aliphatic heterocycles. The number of thiocarbonyl (C=S) groups is 1. The van der Waals surface area contributed by atoms with Crippen LogP contribution < -0.4 is 10.6 Å². The highest BCUT2D eigenvalue weighted by atomic mass is 32.1. The van der Waals surface area contributed by atoms with E-state index in [2.05, 4.69) is 25.9 Å². The van der Waals surface area contributed by atoms with E-state index in [1.54, 1.807) is 16.6 Å². The molecule has 5 aromatic rings. The van der Waals surface area contributed by atoms with E-state index in [1.165, 1.54) is 11.3 Å². The van der Waals surface area contributed by atoms with Crippen LogP contribution in [0, 0.1) is 6.92 Å². The Bertz CT molecular complexity index is 1380. The molecule has 0 radical (unpaired) electrons. The molecule has 5 rings (SSSR count). The van der Waals surface area contributed by atoms with Crippen LogP contribution in [0.15, 0.2) is 59.0 Å². The quantitative estimate of drug-likeness (QED) is 0.414. The Morgan fingerprint density at radius 2 is 1.93 bits per heavy atom. The van der Waals surface area contributed by atoms with Crippen molar-refractivity contribution in [1.82, 2.24) is 25.1 Å². The summed E-state index contributed by atoms with van der Waals surface area (Å²) in [4.78, 5) is 13.2. The molecule has 1 amide bonds. The Morgan fingerprint density at radius 3 is 2.77 bits per heavy atom. The number of fused-ring (bicyclic) bond motifs is 2. The second-order valence-electron chi connectivity index (χ2n) is 6.45. The SMILES string of the molecule is Cc1nnc2sc(-c3ccccc3NC(=S)NC(=O)c3cc4ccccc4o3)nn12. The van der Waals surface area contributed by atoms with Gasteiger partial charge in [-0.05, 0) is 43.4 Å². The average Bonchev–Trinajstić information content (AvgIpc) is 3.44. The Morgan fingerprint density at radius 1 is 1.13 bits per heavy atom. The van der Waals surface area contributed by atoms with E-state index in [-0.39, 0.29) is 10.9 Å². The molecule has 148 valence electrons. The molecule has 2 aromatic carbocycles. The van der Waals surface area contributed by atoms with Crippen molar-refractivity contribution < 1.29 is 9.21 Å². The lowest BCUT2D eigenvalue weighted by Gasteiger charge is -2.11. The van der Waals surface area contributed by atoms with Gasteiger partial charge in [0.2, 0.25) is 4.96 Å². The van der Waals surface area contributed by atoms with Gasteiger partial charge in [0.25, 0.3) is 5.91 Å². The predicted octanol–water partition coefficient (Wildman–Crippen LogP) is 4.03. The molecular weight excluding hydrogens is 420 g/mol. The minimum Gasteiger partial charge on any atom is -0.451 e. The van der Waals surface area contributed by atoms with E-state index < -0.39 is 5.91 Å². The summed E-state index contributed by atoms with van der Waals surface area (Å²) < 4.78 is 7.28. The summed E-state index contributed by atoms with van der Waals surface area (Å²) in [5.41, 5.74) is 2.20. The first-order chi connectivity index (χ1) is 14.6. The highest BCUT2D eigenvalue weighted by molar-refractivity contribution is 7.80. The van der Waals surface area contributed by atoms with Crippen LogP contribution in [-0.4, -0.2) is 30.8 Å². The van der Waals surface area contributed by atoms with Gasteiger partial charge in [-0.15, -0.1) is 10.2 Å². The summed E-state index contributed by atoms with van der Waals surface area (Å²) in [5.74, 6) is 0.486. The molecule has 0 fully saturated rings. The molecule has 0 atom stereocenters. The highest BCUT2D eigenvalue weighted by Gasteiger charge is 2.16. The van der Waals surface area contributed by atoms with Gasteiger partial charge in [-0.3, -0.25) is 10.1 Å². The maximum absolute atomic E-state index is 12.5. The molecule has 0 aliphatic rings. The lowest BCUT2D eigenvalue weighted by Crippen LogP contribution is -2.34. The number of para-hydroxylation sites is 2. The second-order valence-corrected chi connectivity index (χ2v) is 7.82. The molecule has 10 heteroatoms. The van der Waals surface area contributed by atoms with Gasteiger partial charge >= 0.3 is 0 Å². The van der Waals surface area contributed by atoms with Gasteiger partial charge in [-0.2, -0.15) is 9.61 Å². The number of amides is 1. The van der Waals surface area contributed by atoms with E-state index in [9.17, 15) is 4.79 Å². The van der Waals surface area contributed by atoms with E-state index in [0.717, 1.165) is 21.6 Å². The van der Waals surface area contributed by atoms with Crippen molar-refractivity contribution in [1.29, 1.82) is 0 Å². The molecule has 0 aliphatic carbocycles. The minimum absolute atomic E-state index is 0.159. The Kier molecular flexibility index (Phi) is 4.49. The van der Waals surface area contributed by atoms with Crippen molar-refractivity contribution in [2.45, 2.75) is 6.92 Å². The van der Waals surface area contributed by atoms with Crippen LogP contribution in [0.25, 0.3) is 26.5 Å². The topological polar surface area (TPSA) is 97.3 Å². The number of benzene rings is 2. The normalized spacial score (nSPS) is 11.1. The molecule has 0 bridgehead atoms. The van der Waals surface area contributed by atoms with Crippen LogP contribution in [0.4, 0.5) is 5.69 Å². The second kappa shape index (κ2) is 7.32. The van der Waals surface area contributed by atoms with Crippen molar-refractivity contribution in [2.24, 2.45) is 0 Å². The van der Waals surface area contributed by atoms with Crippen LogP contribution in [-0.2, 0) is 0 Å². The van der Waals surface area contributed by atoms with Gasteiger partial charge in [0.05, 0.1) is 5.69 Å². The van der Waals surface area contributed by atoms with Gasteiger partial charge in [0.1, 0.15) is 10.6 Å². The van der Waals surface area contributed by atoms with E-state index in [1.807, 2.05) is 49.4 Å². The first kappa shape index (κ1) is 18.4. The highest BCUT2D eigenvalue weighted by Crippen LogP contribution is 2.31. The first-order valence-corrected chi connectivity index (χ1v) is 10.2. The molecule has 3 aromatic heterocycles. The van der Waals surface area contributed by atoms with Crippen molar-refractivity contribution in [3.05, 3.63) is 66.2 Å².